The lowest BCUT2D eigenvalue weighted by Crippen LogP contribution is -2.27. The summed E-state index contributed by atoms with van der Waals surface area (Å²) in [5.41, 5.74) is 1.07. The molecule has 0 spiro atoms. The molecule has 5 nitrogen and oxygen atoms in total. The van der Waals surface area contributed by atoms with E-state index in [-0.39, 0.29) is 11.7 Å². The van der Waals surface area contributed by atoms with Crippen molar-refractivity contribution in [3.05, 3.63) is 64.8 Å². The van der Waals surface area contributed by atoms with Gasteiger partial charge in [0.05, 0.1) is 16.8 Å². The Morgan fingerprint density at radius 3 is 2.54 bits per heavy atom. The fourth-order valence-electron chi connectivity index (χ4n) is 2.26. The van der Waals surface area contributed by atoms with Crippen LogP contribution in [0.5, 0.6) is 5.75 Å². The first-order valence-electron chi connectivity index (χ1n) is 7.26. The number of anilines is 1. The van der Waals surface area contributed by atoms with Crippen LogP contribution in [0.2, 0.25) is 0 Å². The predicted octanol–water partition coefficient (Wildman–Crippen LogP) is 3.57. The van der Waals surface area contributed by atoms with E-state index in [4.69, 9.17) is 16.4 Å². The number of thiocarbonyl (C=S) groups is 1. The zero-order valence-electron chi connectivity index (χ0n) is 13.4. The molecule has 0 atom stereocenters. The average Bonchev–Trinajstić information content (AvgIpc) is 2.81. The second kappa shape index (κ2) is 7.18. The van der Waals surface area contributed by atoms with E-state index in [2.05, 4.69) is 0 Å². The van der Waals surface area contributed by atoms with Gasteiger partial charge in [-0.1, -0.05) is 36.1 Å². The van der Waals surface area contributed by atoms with Crippen LogP contribution in [0.3, 0.4) is 0 Å². The molecule has 0 saturated carbocycles. The number of carbonyl (C=O) groups is 1. The summed E-state index contributed by atoms with van der Waals surface area (Å²) in [4.78, 5) is 14.3. The van der Waals surface area contributed by atoms with Gasteiger partial charge in [0.2, 0.25) is 0 Å². The van der Waals surface area contributed by atoms with Gasteiger partial charge in [-0.3, -0.25) is 9.69 Å². The molecule has 1 amide bonds. The van der Waals surface area contributed by atoms with E-state index in [9.17, 15) is 17.6 Å². The van der Waals surface area contributed by atoms with E-state index in [1.165, 1.54) is 41.3 Å². The summed E-state index contributed by atoms with van der Waals surface area (Å²) >= 11 is 6.36. The third-order valence-electron chi connectivity index (χ3n) is 3.28. The molecule has 0 aliphatic carbocycles. The minimum atomic E-state index is -3.64. The molecule has 2 aromatic carbocycles. The standard InChI is InChI=1S/C17H12FNO4S3/c1-26(21,22)23-14-4-2-3-11(9-14)10-15-16(20)19(17(24)25-15)13-7-5-12(18)6-8-13/h2-10H,1H3. The molecule has 9 heteroatoms. The number of nitrogens with zero attached hydrogens (tertiary/aromatic N) is 1. The summed E-state index contributed by atoms with van der Waals surface area (Å²) < 4.78 is 40.7. The number of amides is 1. The Balaban J connectivity index is 1.88. The lowest BCUT2D eigenvalue weighted by Gasteiger charge is -2.14. The van der Waals surface area contributed by atoms with Crippen LogP contribution in [-0.4, -0.2) is 24.9 Å². The van der Waals surface area contributed by atoms with E-state index in [0.717, 1.165) is 18.0 Å². The largest absolute Gasteiger partial charge is 0.383 e. The summed E-state index contributed by atoms with van der Waals surface area (Å²) in [5, 5.41) is 0. The van der Waals surface area contributed by atoms with Crippen LogP contribution < -0.4 is 9.08 Å². The first-order valence-corrected chi connectivity index (χ1v) is 10.3. The number of halogens is 1. The smallest absolute Gasteiger partial charge is 0.306 e. The molecule has 26 heavy (non-hydrogen) atoms. The number of carbonyl (C=O) groups excluding carboxylic acids is 1. The van der Waals surface area contributed by atoms with Crippen molar-refractivity contribution < 1.29 is 21.8 Å². The molecule has 1 fully saturated rings. The minimum absolute atomic E-state index is 0.148. The van der Waals surface area contributed by atoms with Crippen molar-refractivity contribution in [2.24, 2.45) is 0 Å². The van der Waals surface area contributed by atoms with E-state index < -0.39 is 15.9 Å². The third kappa shape index (κ3) is 4.29. The summed E-state index contributed by atoms with van der Waals surface area (Å²) in [7, 11) is -3.64. The topological polar surface area (TPSA) is 63.7 Å². The van der Waals surface area contributed by atoms with Crippen molar-refractivity contribution >= 4 is 56.1 Å². The minimum Gasteiger partial charge on any atom is -0.383 e. The van der Waals surface area contributed by atoms with Gasteiger partial charge >= 0.3 is 10.1 Å². The maximum absolute atomic E-state index is 13.1. The van der Waals surface area contributed by atoms with Crippen LogP contribution >= 0.6 is 24.0 Å². The second-order valence-electron chi connectivity index (χ2n) is 5.35. The Hall–Kier alpha value is -2.23. The molecule has 134 valence electrons. The zero-order valence-corrected chi connectivity index (χ0v) is 15.8. The van der Waals surface area contributed by atoms with Crippen molar-refractivity contribution in [2.75, 3.05) is 11.2 Å². The summed E-state index contributed by atoms with van der Waals surface area (Å²) in [6.07, 6.45) is 2.55. The van der Waals surface area contributed by atoms with Gasteiger partial charge in [0.15, 0.2) is 4.32 Å². The fourth-order valence-corrected chi connectivity index (χ4v) is 4.02. The van der Waals surface area contributed by atoms with Crippen LogP contribution in [0, 0.1) is 5.82 Å². The summed E-state index contributed by atoms with van der Waals surface area (Å²) in [5.74, 6) is -0.589. The van der Waals surface area contributed by atoms with E-state index in [1.807, 2.05) is 0 Å². The Morgan fingerprint density at radius 1 is 1.19 bits per heavy atom. The quantitative estimate of drug-likeness (QED) is 0.437. The zero-order chi connectivity index (χ0) is 18.9. The number of benzene rings is 2. The van der Waals surface area contributed by atoms with Crippen LogP contribution in [0.15, 0.2) is 53.4 Å². The van der Waals surface area contributed by atoms with Crippen LogP contribution in [0.1, 0.15) is 5.56 Å². The van der Waals surface area contributed by atoms with Crippen molar-refractivity contribution in [1.82, 2.24) is 0 Å². The Labute approximate surface area is 159 Å². The highest BCUT2D eigenvalue weighted by atomic mass is 32.2. The van der Waals surface area contributed by atoms with Gasteiger partial charge in [0.25, 0.3) is 5.91 Å². The second-order valence-corrected chi connectivity index (χ2v) is 8.60. The molecule has 1 heterocycles. The highest BCUT2D eigenvalue weighted by Gasteiger charge is 2.33. The number of rotatable bonds is 4. The van der Waals surface area contributed by atoms with E-state index in [0.29, 0.717) is 20.5 Å². The highest BCUT2D eigenvalue weighted by Crippen LogP contribution is 2.36. The number of thioether (sulfide) groups is 1. The van der Waals surface area contributed by atoms with Crippen molar-refractivity contribution in [1.29, 1.82) is 0 Å². The molecular formula is C17H12FNO4S3. The van der Waals surface area contributed by atoms with Gasteiger partial charge < -0.3 is 4.18 Å². The van der Waals surface area contributed by atoms with E-state index >= 15 is 0 Å². The van der Waals surface area contributed by atoms with Gasteiger partial charge in [-0.15, -0.1) is 0 Å². The van der Waals surface area contributed by atoms with Crippen molar-refractivity contribution in [3.8, 4) is 5.75 Å². The Morgan fingerprint density at radius 2 is 1.88 bits per heavy atom. The third-order valence-corrected chi connectivity index (χ3v) is 5.08. The molecule has 1 aliphatic rings. The molecular weight excluding hydrogens is 397 g/mol. The van der Waals surface area contributed by atoms with Gasteiger partial charge in [-0.05, 0) is 48.0 Å². The van der Waals surface area contributed by atoms with Gasteiger partial charge in [0.1, 0.15) is 11.6 Å². The molecule has 2 aromatic rings. The van der Waals surface area contributed by atoms with Gasteiger partial charge in [-0.25, -0.2) is 4.39 Å². The molecule has 3 rings (SSSR count). The molecule has 1 aliphatic heterocycles. The van der Waals surface area contributed by atoms with Crippen LogP contribution in [0.25, 0.3) is 6.08 Å². The molecule has 0 unspecified atom stereocenters. The predicted molar refractivity (Wildman–Crippen MR) is 104 cm³/mol. The Bertz CT molecular complexity index is 1020. The fraction of sp³-hybridized carbons (Fsp3) is 0.0588. The van der Waals surface area contributed by atoms with Gasteiger partial charge in [-0.2, -0.15) is 8.42 Å². The molecule has 0 N–H and O–H groups in total. The first-order chi connectivity index (χ1) is 12.2. The molecule has 1 saturated heterocycles. The summed E-state index contributed by atoms with van der Waals surface area (Å²) in [6.45, 7) is 0. The summed E-state index contributed by atoms with van der Waals surface area (Å²) in [6, 6.07) is 11.8. The lowest BCUT2D eigenvalue weighted by molar-refractivity contribution is -0.113. The maximum atomic E-state index is 13.1. The lowest BCUT2D eigenvalue weighted by atomic mass is 10.2. The SMILES string of the molecule is CS(=O)(=O)Oc1cccc(C=C2SC(=S)N(c3ccc(F)cc3)C2=O)c1. The maximum Gasteiger partial charge on any atom is 0.306 e. The Kier molecular flexibility index (Phi) is 5.12. The monoisotopic (exact) mass is 409 g/mol. The first kappa shape index (κ1) is 18.6. The van der Waals surface area contributed by atoms with Crippen LogP contribution in [0.4, 0.5) is 10.1 Å². The normalized spacial score (nSPS) is 16.4. The molecule has 0 bridgehead atoms. The van der Waals surface area contributed by atoms with Crippen molar-refractivity contribution in [2.45, 2.75) is 0 Å². The molecule has 0 radical (unpaired) electrons. The van der Waals surface area contributed by atoms with E-state index in [1.54, 1.807) is 18.2 Å². The van der Waals surface area contributed by atoms with Gasteiger partial charge in [0, 0.05) is 0 Å². The number of hydrogen-bond acceptors (Lipinski definition) is 6. The highest BCUT2D eigenvalue weighted by molar-refractivity contribution is 8.27. The van der Waals surface area contributed by atoms with Crippen molar-refractivity contribution in [3.63, 3.8) is 0 Å². The number of hydrogen-bond donors (Lipinski definition) is 0. The average molecular weight is 409 g/mol. The molecule has 0 aromatic heterocycles. The van der Waals surface area contributed by atoms with Crippen LogP contribution in [-0.2, 0) is 14.9 Å².